The van der Waals surface area contributed by atoms with Crippen LogP contribution in [0.3, 0.4) is 0 Å². The summed E-state index contributed by atoms with van der Waals surface area (Å²) in [6.45, 7) is 3.04. The van der Waals surface area contributed by atoms with Crippen molar-refractivity contribution in [1.29, 1.82) is 0 Å². The Kier molecular flexibility index (Phi) is 4.27. The Labute approximate surface area is 117 Å². The van der Waals surface area contributed by atoms with E-state index in [2.05, 4.69) is 16.8 Å². The fraction of sp³-hybridized carbons (Fsp3) is 0.538. The number of hydrogen-bond acceptors (Lipinski definition) is 4. The molecule has 1 saturated heterocycles. The second-order valence-corrected chi connectivity index (χ2v) is 5.37. The number of anilines is 1. The first-order valence-electron chi connectivity index (χ1n) is 6.44. The molecular weight excluding hydrogens is 264 g/mol. The molecule has 1 fully saturated rings. The minimum Gasteiger partial charge on any atom is -0.369 e. The average Bonchev–Trinajstić information content (AvgIpc) is 2.39. The Balaban J connectivity index is 2.31. The number of piperidine rings is 1. The van der Waals surface area contributed by atoms with Crippen LogP contribution in [-0.2, 0) is 11.3 Å². The van der Waals surface area contributed by atoms with Crippen LogP contribution in [0.1, 0.15) is 25.3 Å². The van der Waals surface area contributed by atoms with Crippen molar-refractivity contribution in [2.45, 2.75) is 32.4 Å². The minimum atomic E-state index is -0.261. The number of carbonyl (C=O) groups excluding carboxylic acids is 1. The molecule has 1 amide bonds. The summed E-state index contributed by atoms with van der Waals surface area (Å²) in [4.78, 5) is 17.8. The highest BCUT2D eigenvalue weighted by molar-refractivity contribution is 6.33. The van der Waals surface area contributed by atoms with E-state index in [0.29, 0.717) is 23.9 Å². The van der Waals surface area contributed by atoms with Gasteiger partial charge in [-0.15, -0.1) is 0 Å². The Morgan fingerprint density at radius 1 is 1.58 bits per heavy atom. The molecule has 1 aliphatic heterocycles. The summed E-state index contributed by atoms with van der Waals surface area (Å²) in [7, 11) is 0. The summed E-state index contributed by atoms with van der Waals surface area (Å²) in [5.74, 6) is 0.293. The van der Waals surface area contributed by atoms with Crippen molar-refractivity contribution in [2.24, 2.45) is 17.4 Å². The normalized spacial score (nSPS) is 23.4. The van der Waals surface area contributed by atoms with Crippen molar-refractivity contribution < 1.29 is 4.79 Å². The molecule has 5 nitrogen and oxygen atoms in total. The molecule has 2 atom stereocenters. The minimum absolute atomic E-state index is 0.143. The van der Waals surface area contributed by atoms with Crippen LogP contribution in [0.25, 0.3) is 0 Å². The smallest absolute Gasteiger partial charge is 0.222 e. The topological polar surface area (TPSA) is 85.2 Å². The van der Waals surface area contributed by atoms with E-state index in [9.17, 15) is 4.79 Å². The Bertz CT molecular complexity index is 480. The second-order valence-electron chi connectivity index (χ2n) is 4.99. The van der Waals surface area contributed by atoms with Gasteiger partial charge >= 0.3 is 0 Å². The van der Waals surface area contributed by atoms with Crippen molar-refractivity contribution in [2.75, 3.05) is 11.4 Å². The molecule has 2 unspecified atom stereocenters. The maximum atomic E-state index is 11.4. The van der Waals surface area contributed by atoms with Crippen LogP contribution in [0.15, 0.2) is 12.3 Å². The van der Waals surface area contributed by atoms with Crippen molar-refractivity contribution >= 4 is 23.3 Å². The monoisotopic (exact) mass is 282 g/mol. The molecule has 0 spiro atoms. The third kappa shape index (κ3) is 2.82. The molecule has 2 heterocycles. The van der Waals surface area contributed by atoms with Gasteiger partial charge in [0.05, 0.1) is 10.9 Å². The highest BCUT2D eigenvalue weighted by Crippen LogP contribution is 2.32. The van der Waals surface area contributed by atoms with Gasteiger partial charge in [0.15, 0.2) is 0 Å². The van der Waals surface area contributed by atoms with Crippen LogP contribution >= 0.6 is 11.6 Å². The number of primary amides is 1. The first-order chi connectivity index (χ1) is 9.04. The first-order valence-corrected chi connectivity index (χ1v) is 6.81. The zero-order valence-corrected chi connectivity index (χ0v) is 11.7. The largest absolute Gasteiger partial charge is 0.369 e. The predicted molar refractivity (Wildman–Crippen MR) is 75.9 cm³/mol. The third-order valence-electron chi connectivity index (χ3n) is 3.73. The zero-order chi connectivity index (χ0) is 14.0. The van der Waals surface area contributed by atoms with E-state index in [1.54, 1.807) is 6.20 Å². The summed E-state index contributed by atoms with van der Waals surface area (Å²) in [5.41, 5.74) is 11.9. The summed E-state index contributed by atoms with van der Waals surface area (Å²) < 4.78 is 0. The third-order valence-corrected chi connectivity index (χ3v) is 4.14. The van der Waals surface area contributed by atoms with Gasteiger partial charge in [-0.25, -0.2) is 4.98 Å². The van der Waals surface area contributed by atoms with Gasteiger partial charge in [-0.05, 0) is 31.4 Å². The molecule has 0 aromatic carbocycles. The van der Waals surface area contributed by atoms with Gasteiger partial charge in [0, 0.05) is 25.3 Å². The molecule has 0 aliphatic carbocycles. The summed E-state index contributed by atoms with van der Waals surface area (Å²) in [5, 5.41) is 0.571. The molecular formula is C13H19ClN4O. The standard InChI is InChI=1S/C13H19ClN4O/c1-8-2-3-10(12(16)19)7-18(8)13-11(14)9(6-15)4-5-17-13/h4-5,8,10H,2-3,6-7,15H2,1H3,(H2,16,19). The van der Waals surface area contributed by atoms with E-state index < -0.39 is 0 Å². The molecule has 1 aliphatic rings. The highest BCUT2D eigenvalue weighted by Gasteiger charge is 2.30. The van der Waals surface area contributed by atoms with Gasteiger partial charge < -0.3 is 16.4 Å². The van der Waals surface area contributed by atoms with E-state index in [-0.39, 0.29) is 17.9 Å². The Hall–Kier alpha value is -1.33. The van der Waals surface area contributed by atoms with E-state index in [1.165, 1.54) is 0 Å². The van der Waals surface area contributed by atoms with E-state index in [1.807, 2.05) is 6.07 Å². The van der Waals surface area contributed by atoms with Crippen molar-refractivity contribution in [3.63, 3.8) is 0 Å². The molecule has 2 rings (SSSR count). The molecule has 1 aromatic rings. The lowest BCUT2D eigenvalue weighted by molar-refractivity contribution is -0.122. The Morgan fingerprint density at radius 3 is 2.95 bits per heavy atom. The summed E-state index contributed by atoms with van der Waals surface area (Å²) >= 11 is 6.33. The van der Waals surface area contributed by atoms with Crippen molar-refractivity contribution in [1.82, 2.24) is 4.98 Å². The lowest BCUT2D eigenvalue weighted by Gasteiger charge is -2.38. The molecule has 0 bridgehead atoms. The van der Waals surface area contributed by atoms with Crippen molar-refractivity contribution in [3.8, 4) is 0 Å². The SMILES string of the molecule is CC1CCC(C(N)=O)CN1c1nccc(CN)c1Cl. The number of rotatable bonds is 3. The summed E-state index contributed by atoms with van der Waals surface area (Å²) in [6.07, 6.45) is 3.42. The number of nitrogens with two attached hydrogens (primary N) is 2. The number of aromatic nitrogens is 1. The van der Waals surface area contributed by atoms with Crippen LogP contribution in [0.2, 0.25) is 5.02 Å². The lowest BCUT2D eigenvalue weighted by Crippen LogP contribution is -2.46. The lowest BCUT2D eigenvalue weighted by atomic mass is 9.93. The molecule has 104 valence electrons. The van der Waals surface area contributed by atoms with Crippen LogP contribution in [0.5, 0.6) is 0 Å². The molecule has 1 aromatic heterocycles. The van der Waals surface area contributed by atoms with E-state index in [0.717, 1.165) is 18.4 Å². The number of carbonyl (C=O) groups is 1. The van der Waals surface area contributed by atoms with Gasteiger partial charge in [0.1, 0.15) is 5.82 Å². The van der Waals surface area contributed by atoms with Crippen molar-refractivity contribution in [3.05, 3.63) is 22.8 Å². The molecule has 19 heavy (non-hydrogen) atoms. The quantitative estimate of drug-likeness (QED) is 0.875. The number of amides is 1. The van der Waals surface area contributed by atoms with Crippen LogP contribution in [0, 0.1) is 5.92 Å². The molecule has 0 saturated carbocycles. The van der Waals surface area contributed by atoms with Gasteiger partial charge in [-0.1, -0.05) is 11.6 Å². The Morgan fingerprint density at radius 2 is 2.32 bits per heavy atom. The highest BCUT2D eigenvalue weighted by atomic mass is 35.5. The maximum Gasteiger partial charge on any atom is 0.222 e. The number of pyridine rings is 1. The van der Waals surface area contributed by atoms with Gasteiger partial charge in [-0.2, -0.15) is 0 Å². The number of nitrogens with zero attached hydrogens (tertiary/aromatic N) is 2. The van der Waals surface area contributed by atoms with Gasteiger partial charge in [0.2, 0.25) is 5.91 Å². The zero-order valence-electron chi connectivity index (χ0n) is 11.0. The summed E-state index contributed by atoms with van der Waals surface area (Å²) in [6, 6.07) is 2.10. The van der Waals surface area contributed by atoms with E-state index >= 15 is 0 Å². The number of hydrogen-bond donors (Lipinski definition) is 2. The predicted octanol–water partition coefficient (Wildman–Crippen LogP) is 1.28. The fourth-order valence-electron chi connectivity index (χ4n) is 2.46. The molecule has 6 heteroatoms. The van der Waals surface area contributed by atoms with Crippen LogP contribution in [-0.4, -0.2) is 23.5 Å². The molecule has 0 radical (unpaired) electrons. The fourth-order valence-corrected chi connectivity index (χ4v) is 2.76. The van der Waals surface area contributed by atoms with Crippen LogP contribution in [0.4, 0.5) is 5.82 Å². The second kappa shape index (κ2) is 5.75. The van der Waals surface area contributed by atoms with E-state index in [4.69, 9.17) is 23.1 Å². The first kappa shape index (κ1) is 14.1. The average molecular weight is 283 g/mol. The van der Waals surface area contributed by atoms with Gasteiger partial charge in [-0.3, -0.25) is 4.79 Å². The van der Waals surface area contributed by atoms with Gasteiger partial charge in [0.25, 0.3) is 0 Å². The maximum absolute atomic E-state index is 11.4. The molecule has 4 N–H and O–H groups in total. The van der Waals surface area contributed by atoms with Crippen LogP contribution < -0.4 is 16.4 Å². The number of halogens is 1.